The zero-order chi connectivity index (χ0) is 10.9. The fourth-order valence-electron chi connectivity index (χ4n) is 1.62. The molecule has 0 unspecified atom stereocenters. The molecule has 82 valence electrons. The average molecular weight is 227 g/mol. The Kier molecular flexibility index (Phi) is 2.62. The van der Waals surface area contributed by atoms with Crippen LogP contribution in [0.2, 0.25) is 0 Å². The molecule has 1 aromatic rings. The van der Waals surface area contributed by atoms with Crippen LogP contribution in [0, 0.1) is 0 Å². The third kappa shape index (κ3) is 1.95. The second kappa shape index (κ2) is 3.79. The molecule has 0 amide bonds. The van der Waals surface area contributed by atoms with Crippen molar-refractivity contribution in [3.63, 3.8) is 0 Å². The van der Waals surface area contributed by atoms with E-state index < -0.39 is 10.0 Å². The van der Waals surface area contributed by atoms with Gasteiger partial charge in [-0.1, -0.05) is 0 Å². The summed E-state index contributed by atoms with van der Waals surface area (Å²) in [6.07, 6.45) is 3.17. The third-order valence-electron chi connectivity index (χ3n) is 2.46. The summed E-state index contributed by atoms with van der Waals surface area (Å²) in [5, 5.41) is 0. The Morgan fingerprint density at radius 1 is 1.27 bits per heavy atom. The van der Waals surface area contributed by atoms with Gasteiger partial charge in [0.2, 0.25) is 10.0 Å². The highest BCUT2D eigenvalue weighted by atomic mass is 32.2. The molecule has 15 heavy (non-hydrogen) atoms. The normalized spacial score (nSPS) is 18.1. The van der Waals surface area contributed by atoms with Crippen molar-refractivity contribution >= 4 is 15.8 Å². The molecule has 2 N–H and O–H groups in total. The second-order valence-corrected chi connectivity index (χ2v) is 5.47. The number of sulfonamides is 1. The Labute approximate surface area is 89.0 Å². The molecule has 0 spiro atoms. The van der Waals surface area contributed by atoms with Gasteiger partial charge < -0.3 is 5.73 Å². The minimum absolute atomic E-state index is 0.221. The lowest BCUT2D eigenvalue weighted by Crippen LogP contribution is -2.27. The largest absolute Gasteiger partial charge is 0.384 e. The minimum Gasteiger partial charge on any atom is -0.384 e. The highest BCUT2D eigenvalue weighted by molar-refractivity contribution is 7.89. The molecule has 0 aromatic carbocycles. The highest BCUT2D eigenvalue weighted by Crippen LogP contribution is 2.20. The van der Waals surface area contributed by atoms with E-state index in [1.165, 1.54) is 22.6 Å². The van der Waals surface area contributed by atoms with Crippen LogP contribution in [0.4, 0.5) is 5.82 Å². The lowest BCUT2D eigenvalue weighted by molar-refractivity contribution is 0.477. The molecule has 1 aliphatic heterocycles. The third-order valence-corrected chi connectivity index (χ3v) is 4.34. The van der Waals surface area contributed by atoms with Crippen molar-refractivity contribution in [3.05, 3.63) is 18.3 Å². The Morgan fingerprint density at radius 3 is 2.47 bits per heavy atom. The molecule has 0 aliphatic carbocycles. The van der Waals surface area contributed by atoms with E-state index in [1.54, 1.807) is 0 Å². The van der Waals surface area contributed by atoms with Gasteiger partial charge in [-0.05, 0) is 25.0 Å². The fourth-order valence-corrected chi connectivity index (χ4v) is 3.08. The van der Waals surface area contributed by atoms with Crippen molar-refractivity contribution in [1.29, 1.82) is 0 Å². The second-order valence-electron chi connectivity index (χ2n) is 3.53. The van der Waals surface area contributed by atoms with E-state index in [-0.39, 0.29) is 4.90 Å². The fraction of sp³-hybridized carbons (Fsp3) is 0.444. The molecule has 1 fully saturated rings. The molecule has 5 nitrogen and oxygen atoms in total. The Bertz CT molecular complexity index is 435. The van der Waals surface area contributed by atoms with Crippen molar-refractivity contribution in [2.24, 2.45) is 0 Å². The number of hydrogen-bond acceptors (Lipinski definition) is 4. The van der Waals surface area contributed by atoms with Crippen molar-refractivity contribution < 1.29 is 8.42 Å². The Hall–Kier alpha value is -1.14. The van der Waals surface area contributed by atoms with Crippen LogP contribution in [0.3, 0.4) is 0 Å². The van der Waals surface area contributed by atoms with Crippen LogP contribution in [0.15, 0.2) is 23.2 Å². The number of nitrogens with two attached hydrogens (primary N) is 1. The van der Waals surface area contributed by atoms with E-state index in [0.717, 1.165) is 12.8 Å². The maximum Gasteiger partial charge on any atom is 0.244 e. The van der Waals surface area contributed by atoms with E-state index in [0.29, 0.717) is 18.9 Å². The summed E-state index contributed by atoms with van der Waals surface area (Å²) in [5.41, 5.74) is 5.40. The number of aromatic nitrogens is 1. The van der Waals surface area contributed by atoms with Gasteiger partial charge >= 0.3 is 0 Å². The van der Waals surface area contributed by atoms with Crippen LogP contribution in [0.25, 0.3) is 0 Å². The summed E-state index contributed by atoms with van der Waals surface area (Å²) >= 11 is 0. The van der Waals surface area contributed by atoms with Crippen LogP contribution in [-0.4, -0.2) is 30.8 Å². The molecule has 1 aromatic heterocycles. The summed E-state index contributed by atoms with van der Waals surface area (Å²) in [6, 6.07) is 3.00. The molecule has 0 saturated carbocycles. The lowest BCUT2D eigenvalue weighted by Gasteiger charge is -2.14. The number of anilines is 1. The van der Waals surface area contributed by atoms with E-state index in [4.69, 9.17) is 5.73 Å². The molecule has 0 radical (unpaired) electrons. The van der Waals surface area contributed by atoms with E-state index in [1.807, 2.05) is 0 Å². The number of nitrogen functional groups attached to an aromatic ring is 1. The average Bonchev–Trinajstić information content (AvgIpc) is 2.71. The smallest absolute Gasteiger partial charge is 0.244 e. The van der Waals surface area contributed by atoms with Crippen LogP contribution < -0.4 is 5.73 Å². The molecule has 1 saturated heterocycles. The standard InChI is InChI=1S/C9H13N3O2S/c10-9-4-3-8(7-11-9)15(13,14)12-5-1-2-6-12/h3-4,7H,1-2,5-6H2,(H2,10,11). The van der Waals surface area contributed by atoms with Gasteiger partial charge in [0, 0.05) is 19.3 Å². The zero-order valence-electron chi connectivity index (χ0n) is 8.26. The van der Waals surface area contributed by atoms with Crippen molar-refractivity contribution in [1.82, 2.24) is 9.29 Å². The first-order valence-corrected chi connectivity index (χ1v) is 6.26. The summed E-state index contributed by atoms with van der Waals surface area (Å²) < 4.78 is 25.5. The van der Waals surface area contributed by atoms with Gasteiger partial charge in [0.1, 0.15) is 10.7 Å². The molecule has 2 rings (SSSR count). The number of nitrogens with zero attached hydrogens (tertiary/aromatic N) is 2. The van der Waals surface area contributed by atoms with Gasteiger partial charge in [-0.3, -0.25) is 0 Å². The van der Waals surface area contributed by atoms with Gasteiger partial charge in [0.15, 0.2) is 0 Å². The molecule has 6 heteroatoms. The number of hydrogen-bond donors (Lipinski definition) is 1. The molecular weight excluding hydrogens is 214 g/mol. The van der Waals surface area contributed by atoms with E-state index in [9.17, 15) is 8.42 Å². The van der Waals surface area contributed by atoms with Gasteiger partial charge in [-0.25, -0.2) is 13.4 Å². The van der Waals surface area contributed by atoms with Gasteiger partial charge in [0.25, 0.3) is 0 Å². The summed E-state index contributed by atoms with van der Waals surface area (Å²) in [7, 11) is -3.34. The quantitative estimate of drug-likeness (QED) is 0.795. The highest BCUT2D eigenvalue weighted by Gasteiger charge is 2.27. The summed E-state index contributed by atoms with van der Waals surface area (Å²) in [6.45, 7) is 1.21. The summed E-state index contributed by atoms with van der Waals surface area (Å²) in [5.74, 6) is 0.329. The monoisotopic (exact) mass is 227 g/mol. The van der Waals surface area contributed by atoms with E-state index in [2.05, 4.69) is 4.98 Å². The predicted octanol–water partition coefficient (Wildman–Crippen LogP) is 0.448. The first-order chi connectivity index (χ1) is 7.10. The summed E-state index contributed by atoms with van der Waals surface area (Å²) in [4.78, 5) is 4.01. The number of rotatable bonds is 2. The van der Waals surface area contributed by atoms with Crippen LogP contribution in [0.5, 0.6) is 0 Å². The first kappa shape index (κ1) is 10.4. The van der Waals surface area contributed by atoms with E-state index >= 15 is 0 Å². The molecule has 1 aliphatic rings. The molecular formula is C9H13N3O2S. The lowest BCUT2D eigenvalue weighted by atomic mass is 10.4. The molecule has 0 atom stereocenters. The Morgan fingerprint density at radius 2 is 1.93 bits per heavy atom. The van der Waals surface area contributed by atoms with Gasteiger partial charge in [-0.15, -0.1) is 0 Å². The van der Waals surface area contributed by atoms with Crippen molar-refractivity contribution in [2.75, 3.05) is 18.8 Å². The SMILES string of the molecule is Nc1ccc(S(=O)(=O)N2CCCC2)cn1. The van der Waals surface area contributed by atoms with Gasteiger partial charge in [0.05, 0.1) is 0 Å². The predicted molar refractivity (Wildman–Crippen MR) is 56.6 cm³/mol. The Balaban J connectivity index is 2.32. The zero-order valence-corrected chi connectivity index (χ0v) is 9.07. The van der Waals surface area contributed by atoms with Crippen molar-refractivity contribution in [3.8, 4) is 0 Å². The van der Waals surface area contributed by atoms with Crippen LogP contribution in [-0.2, 0) is 10.0 Å². The topological polar surface area (TPSA) is 76.3 Å². The maximum absolute atomic E-state index is 12.0. The van der Waals surface area contributed by atoms with Crippen LogP contribution >= 0.6 is 0 Å². The molecule has 0 bridgehead atoms. The van der Waals surface area contributed by atoms with Gasteiger partial charge in [-0.2, -0.15) is 4.31 Å². The minimum atomic E-state index is -3.34. The van der Waals surface area contributed by atoms with Crippen molar-refractivity contribution in [2.45, 2.75) is 17.7 Å². The maximum atomic E-state index is 12.0. The van der Waals surface area contributed by atoms with Crippen LogP contribution in [0.1, 0.15) is 12.8 Å². The molecule has 2 heterocycles. The number of pyridine rings is 1. The first-order valence-electron chi connectivity index (χ1n) is 4.82.